The first kappa shape index (κ1) is 14.9. The molecule has 0 atom stereocenters. The summed E-state index contributed by atoms with van der Waals surface area (Å²) >= 11 is 5.50. The fourth-order valence-corrected chi connectivity index (χ4v) is 1.36. The van der Waals surface area contributed by atoms with Gasteiger partial charge in [-0.3, -0.25) is 4.79 Å². The largest absolute Gasteiger partial charge is 0.411 e. The summed E-state index contributed by atoms with van der Waals surface area (Å²) in [4.78, 5) is 11.5. The third-order valence-corrected chi connectivity index (χ3v) is 2.21. The second-order valence-corrected chi connectivity index (χ2v) is 3.90. The quantitative estimate of drug-likeness (QED) is 0.469. The molecular weight excluding hydrogens is 276 g/mol. The van der Waals surface area contributed by atoms with Gasteiger partial charge in [0.05, 0.1) is 12.2 Å². The first-order valence-electron chi connectivity index (χ1n) is 4.92. The molecule has 18 heavy (non-hydrogen) atoms. The maximum absolute atomic E-state index is 13.3. The van der Waals surface area contributed by atoms with Gasteiger partial charge < -0.3 is 4.74 Å². The van der Waals surface area contributed by atoms with Gasteiger partial charge in [0, 0.05) is 11.4 Å². The van der Waals surface area contributed by atoms with E-state index in [0.29, 0.717) is 0 Å². The fraction of sp³-hybridized carbons (Fsp3) is 0.364. The molecular formula is C11H9ClF4O2. The lowest BCUT2D eigenvalue weighted by Gasteiger charge is -2.07. The predicted octanol–water partition coefficient (Wildman–Crippen LogP) is 3.63. The lowest BCUT2D eigenvalue weighted by Crippen LogP contribution is -2.18. The third kappa shape index (κ3) is 5.01. The van der Waals surface area contributed by atoms with Crippen molar-refractivity contribution in [3.05, 3.63) is 34.6 Å². The number of Topliss-reactive ketones (excluding diaryl/α,β-unsaturated/α-hetero) is 1. The molecule has 0 saturated heterocycles. The number of rotatable bonds is 5. The second kappa shape index (κ2) is 6.15. The first-order chi connectivity index (χ1) is 8.29. The number of hydrogen-bond donors (Lipinski definition) is 0. The zero-order valence-electron chi connectivity index (χ0n) is 9.06. The summed E-state index contributed by atoms with van der Waals surface area (Å²) in [5.41, 5.74) is -0.213. The molecule has 1 aromatic rings. The van der Waals surface area contributed by atoms with Gasteiger partial charge in [0.15, 0.2) is 5.78 Å². The van der Waals surface area contributed by atoms with Crippen molar-refractivity contribution < 1.29 is 27.1 Å². The number of alkyl halides is 3. The summed E-state index contributed by atoms with van der Waals surface area (Å²) in [6.45, 7) is -1.84. The van der Waals surface area contributed by atoms with Gasteiger partial charge in [-0.15, -0.1) is 0 Å². The van der Waals surface area contributed by atoms with Crippen LogP contribution in [0.5, 0.6) is 0 Å². The zero-order valence-corrected chi connectivity index (χ0v) is 9.82. The SMILES string of the molecule is O=C(CCOCC(F)(F)F)c1ccc(Cl)cc1F. The Balaban J connectivity index is 2.46. The zero-order chi connectivity index (χ0) is 13.8. The van der Waals surface area contributed by atoms with Crippen LogP contribution in [0.4, 0.5) is 17.6 Å². The van der Waals surface area contributed by atoms with E-state index in [2.05, 4.69) is 4.74 Å². The van der Waals surface area contributed by atoms with Gasteiger partial charge in [0.1, 0.15) is 12.4 Å². The summed E-state index contributed by atoms with van der Waals surface area (Å²) in [6.07, 6.45) is -4.76. The molecule has 0 aromatic heterocycles. The van der Waals surface area contributed by atoms with E-state index in [1.54, 1.807) is 0 Å². The van der Waals surface area contributed by atoms with Gasteiger partial charge >= 0.3 is 6.18 Å². The molecule has 0 aliphatic carbocycles. The molecule has 0 spiro atoms. The molecule has 0 aliphatic rings. The van der Waals surface area contributed by atoms with E-state index in [1.165, 1.54) is 12.1 Å². The molecule has 0 radical (unpaired) electrons. The van der Waals surface area contributed by atoms with E-state index in [1.807, 2.05) is 0 Å². The standard InChI is InChI=1S/C11H9ClF4O2/c12-7-1-2-8(9(13)5-7)10(17)3-4-18-6-11(14,15)16/h1-2,5H,3-4,6H2. The van der Waals surface area contributed by atoms with Crippen molar-refractivity contribution >= 4 is 17.4 Å². The minimum atomic E-state index is -4.44. The molecule has 0 heterocycles. The highest BCUT2D eigenvalue weighted by Crippen LogP contribution is 2.17. The van der Waals surface area contributed by atoms with Gasteiger partial charge in [-0.1, -0.05) is 11.6 Å². The number of carbonyl (C=O) groups is 1. The number of hydrogen-bond acceptors (Lipinski definition) is 2. The van der Waals surface area contributed by atoms with E-state index >= 15 is 0 Å². The van der Waals surface area contributed by atoms with Crippen LogP contribution in [0.15, 0.2) is 18.2 Å². The summed E-state index contributed by atoms with van der Waals surface area (Å²) in [7, 11) is 0. The van der Waals surface area contributed by atoms with Crippen LogP contribution in [0.25, 0.3) is 0 Å². The first-order valence-corrected chi connectivity index (χ1v) is 5.30. The molecule has 0 N–H and O–H groups in total. The lowest BCUT2D eigenvalue weighted by molar-refractivity contribution is -0.173. The summed E-state index contributed by atoms with van der Waals surface area (Å²) < 4.78 is 52.7. The molecule has 100 valence electrons. The molecule has 0 fully saturated rings. The predicted molar refractivity (Wildman–Crippen MR) is 57.2 cm³/mol. The Labute approximate surface area is 105 Å². The van der Waals surface area contributed by atoms with Crippen LogP contribution in [-0.2, 0) is 4.74 Å². The average molecular weight is 285 g/mol. The molecule has 2 nitrogen and oxygen atoms in total. The summed E-state index contributed by atoms with van der Waals surface area (Å²) in [5.74, 6) is -1.44. The number of ketones is 1. The van der Waals surface area contributed by atoms with Crippen molar-refractivity contribution in [3.8, 4) is 0 Å². The average Bonchev–Trinajstić information content (AvgIpc) is 2.22. The summed E-state index contributed by atoms with van der Waals surface area (Å²) in [6, 6.07) is 3.48. The third-order valence-electron chi connectivity index (χ3n) is 1.97. The van der Waals surface area contributed by atoms with E-state index in [4.69, 9.17) is 11.6 Å². The Morgan fingerprint density at radius 1 is 1.33 bits per heavy atom. The van der Waals surface area contributed by atoms with Crippen LogP contribution in [0.3, 0.4) is 0 Å². The number of carbonyl (C=O) groups excluding carboxylic acids is 1. The number of benzene rings is 1. The number of ether oxygens (including phenoxy) is 1. The minimum Gasteiger partial charge on any atom is -0.372 e. The van der Waals surface area contributed by atoms with E-state index in [-0.39, 0.29) is 17.0 Å². The Kier molecular flexibility index (Phi) is 5.10. The Bertz CT molecular complexity index is 432. The molecule has 0 unspecified atom stereocenters. The van der Waals surface area contributed by atoms with Gasteiger partial charge in [0.2, 0.25) is 0 Å². The topological polar surface area (TPSA) is 26.3 Å². The Morgan fingerprint density at radius 3 is 2.56 bits per heavy atom. The van der Waals surface area contributed by atoms with Crippen LogP contribution >= 0.6 is 11.6 Å². The van der Waals surface area contributed by atoms with Crippen molar-refractivity contribution in [1.29, 1.82) is 0 Å². The highest BCUT2D eigenvalue weighted by molar-refractivity contribution is 6.30. The van der Waals surface area contributed by atoms with Crippen molar-refractivity contribution in [2.24, 2.45) is 0 Å². The number of halogens is 5. The Hall–Kier alpha value is -1.14. The van der Waals surface area contributed by atoms with Crippen LogP contribution < -0.4 is 0 Å². The molecule has 0 aliphatic heterocycles. The molecule has 1 aromatic carbocycles. The van der Waals surface area contributed by atoms with E-state index in [0.717, 1.165) is 6.07 Å². The lowest BCUT2D eigenvalue weighted by atomic mass is 10.1. The van der Waals surface area contributed by atoms with E-state index in [9.17, 15) is 22.4 Å². The molecule has 0 saturated carbocycles. The van der Waals surface area contributed by atoms with Crippen LogP contribution in [0, 0.1) is 5.82 Å². The van der Waals surface area contributed by atoms with Gasteiger partial charge in [-0.2, -0.15) is 13.2 Å². The fourth-order valence-electron chi connectivity index (χ4n) is 1.20. The van der Waals surface area contributed by atoms with Crippen molar-refractivity contribution in [1.82, 2.24) is 0 Å². The molecule has 7 heteroatoms. The van der Waals surface area contributed by atoms with Crippen LogP contribution in [0.1, 0.15) is 16.8 Å². The van der Waals surface area contributed by atoms with Crippen molar-refractivity contribution in [3.63, 3.8) is 0 Å². The second-order valence-electron chi connectivity index (χ2n) is 3.47. The molecule has 0 amide bonds. The molecule has 1 rings (SSSR count). The molecule has 0 bridgehead atoms. The summed E-state index contributed by atoms with van der Waals surface area (Å²) in [5, 5.41) is 0.136. The highest BCUT2D eigenvalue weighted by Gasteiger charge is 2.27. The van der Waals surface area contributed by atoms with Crippen LogP contribution in [-0.4, -0.2) is 25.2 Å². The monoisotopic (exact) mass is 284 g/mol. The highest BCUT2D eigenvalue weighted by atomic mass is 35.5. The normalized spacial score (nSPS) is 11.6. The van der Waals surface area contributed by atoms with Crippen molar-refractivity contribution in [2.75, 3.05) is 13.2 Å². The van der Waals surface area contributed by atoms with Gasteiger partial charge in [-0.05, 0) is 18.2 Å². The maximum Gasteiger partial charge on any atom is 0.411 e. The smallest absolute Gasteiger partial charge is 0.372 e. The van der Waals surface area contributed by atoms with Crippen LogP contribution in [0.2, 0.25) is 5.02 Å². The van der Waals surface area contributed by atoms with Gasteiger partial charge in [-0.25, -0.2) is 4.39 Å². The Morgan fingerprint density at radius 2 is 2.00 bits per heavy atom. The van der Waals surface area contributed by atoms with E-state index < -0.39 is 31.0 Å². The minimum absolute atomic E-state index is 0.136. The maximum atomic E-state index is 13.3. The van der Waals surface area contributed by atoms with Gasteiger partial charge in [0.25, 0.3) is 0 Å². The van der Waals surface area contributed by atoms with Crippen molar-refractivity contribution in [2.45, 2.75) is 12.6 Å².